The molecule has 0 aromatic rings. The monoisotopic (exact) mass is 254 g/mol. The van der Waals surface area contributed by atoms with Crippen LogP contribution in [0.4, 0.5) is 0 Å². The third-order valence-electron chi connectivity index (χ3n) is 4.39. The second-order valence-corrected chi connectivity index (χ2v) is 5.67. The van der Waals surface area contributed by atoms with Gasteiger partial charge in [0, 0.05) is 12.6 Å². The molecule has 0 aromatic carbocycles. The molecule has 0 amide bonds. The molecule has 1 aliphatic carbocycles. The van der Waals surface area contributed by atoms with Crippen molar-refractivity contribution in [1.29, 1.82) is 0 Å². The van der Waals surface area contributed by atoms with Crippen LogP contribution in [0.3, 0.4) is 0 Å². The average Bonchev–Trinajstić information content (AvgIpc) is 3.08. The van der Waals surface area contributed by atoms with Crippen molar-refractivity contribution in [1.82, 2.24) is 9.80 Å². The van der Waals surface area contributed by atoms with E-state index in [2.05, 4.69) is 23.8 Å². The van der Waals surface area contributed by atoms with E-state index in [9.17, 15) is 4.79 Å². The highest BCUT2D eigenvalue weighted by molar-refractivity contribution is 5.76. The van der Waals surface area contributed by atoms with E-state index in [1.54, 1.807) is 0 Å². The average molecular weight is 254 g/mol. The minimum absolute atomic E-state index is 0.0192. The zero-order valence-corrected chi connectivity index (χ0v) is 11.9. The van der Waals surface area contributed by atoms with Gasteiger partial charge in [0.1, 0.15) is 6.04 Å². The van der Waals surface area contributed by atoms with Crippen LogP contribution in [0, 0.1) is 5.92 Å². The lowest BCUT2D eigenvalue weighted by atomic mass is 10.1. The maximum absolute atomic E-state index is 11.9. The number of likely N-dealkylation sites (tertiary alicyclic amines) is 1. The fraction of sp³-hybridized carbons (Fsp3) is 0.929. The lowest BCUT2D eigenvalue weighted by molar-refractivity contribution is -0.147. The summed E-state index contributed by atoms with van der Waals surface area (Å²) in [5, 5.41) is 0. The summed E-state index contributed by atoms with van der Waals surface area (Å²) in [6.45, 7) is 5.53. The van der Waals surface area contributed by atoms with Crippen molar-refractivity contribution < 1.29 is 9.53 Å². The minimum atomic E-state index is -0.0546. The van der Waals surface area contributed by atoms with Crippen molar-refractivity contribution in [2.45, 2.75) is 44.7 Å². The molecule has 0 N–H and O–H groups in total. The number of carbonyl (C=O) groups is 1. The Morgan fingerprint density at radius 3 is 2.72 bits per heavy atom. The van der Waals surface area contributed by atoms with Crippen molar-refractivity contribution in [3.05, 3.63) is 0 Å². The lowest BCUT2D eigenvalue weighted by Gasteiger charge is -2.31. The van der Waals surface area contributed by atoms with Gasteiger partial charge in [-0.15, -0.1) is 0 Å². The van der Waals surface area contributed by atoms with Gasteiger partial charge in [-0.05, 0) is 51.7 Å². The van der Waals surface area contributed by atoms with Gasteiger partial charge >= 0.3 is 5.97 Å². The van der Waals surface area contributed by atoms with E-state index in [0.29, 0.717) is 12.0 Å². The van der Waals surface area contributed by atoms with Crippen LogP contribution in [0.15, 0.2) is 0 Å². The Bertz CT molecular complexity index is 292. The van der Waals surface area contributed by atoms with Crippen LogP contribution in [0.1, 0.15) is 32.6 Å². The first kappa shape index (κ1) is 13.8. The number of methoxy groups -OCH3 is 1. The van der Waals surface area contributed by atoms with Crippen LogP contribution < -0.4 is 0 Å². The van der Waals surface area contributed by atoms with Crippen LogP contribution in [0.25, 0.3) is 0 Å². The Labute approximate surface area is 110 Å². The van der Waals surface area contributed by atoms with Crippen LogP contribution in [-0.4, -0.2) is 61.6 Å². The van der Waals surface area contributed by atoms with Crippen molar-refractivity contribution in [3.63, 3.8) is 0 Å². The number of nitrogens with zero attached hydrogens (tertiary/aromatic N) is 2. The topological polar surface area (TPSA) is 32.8 Å². The van der Waals surface area contributed by atoms with Crippen molar-refractivity contribution in [2.24, 2.45) is 5.92 Å². The predicted molar refractivity (Wildman–Crippen MR) is 71.4 cm³/mol. The zero-order valence-electron chi connectivity index (χ0n) is 11.9. The Morgan fingerprint density at radius 2 is 2.17 bits per heavy atom. The first-order chi connectivity index (χ1) is 8.67. The first-order valence-corrected chi connectivity index (χ1v) is 7.19. The molecule has 2 rings (SSSR count). The SMILES string of the molecule is CCN1CCCC1CN(C)C(C(=O)OC)C1CC1. The maximum Gasteiger partial charge on any atom is 0.323 e. The van der Waals surface area contributed by atoms with Crippen LogP contribution >= 0.6 is 0 Å². The fourth-order valence-electron chi connectivity index (χ4n) is 3.23. The summed E-state index contributed by atoms with van der Waals surface area (Å²) in [5.41, 5.74) is 0. The number of ether oxygens (including phenoxy) is 1. The zero-order chi connectivity index (χ0) is 13.1. The fourth-order valence-corrected chi connectivity index (χ4v) is 3.23. The molecule has 0 aromatic heterocycles. The van der Waals surface area contributed by atoms with E-state index < -0.39 is 0 Å². The summed E-state index contributed by atoms with van der Waals surface area (Å²) >= 11 is 0. The Kier molecular flexibility index (Phi) is 4.62. The van der Waals surface area contributed by atoms with E-state index in [4.69, 9.17) is 4.74 Å². The molecule has 2 fully saturated rings. The summed E-state index contributed by atoms with van der Waals surface area (Å²) in [6, 6.07) is 0.597. The van der Waals surface area contributed by atoms with E-state index in [0.717, 1.165) is 13.1 Å². The number of esters is 1. The number of likely N-dealkylation sites (N-methyl/N-ethyl adjacent to an activating group) is 2. The number of hydrogen-bond acceptors (Lipinski definition) is 4. The van der Waals surface area contributed by atoms with E-state index in [1.165, 1.54) is 39.3 Å². The number of carbonyl (C=O) groups excluding carboxylic acids is 1. The molecule has 4 nitrogen and oxygen atoms in total. The molecule has 0 bridgehead atoms. The smallest absolute Gasteiger partial charge is 0.323 e. The molecule has 2 atom stereocenters. The molecule has 4 heteroatoms. The van der Waals surface area contributed by atoms with Crippen molar-refractivity contribution in [3.8, 4) is 0 Å². The van der Waals surface area contributed by atoms with Gasteiger partial charge in [0.15, 0.2) is 0 Å². The summed E-state index contributed by atoms with van der Waals surface area (Å²) in [7, 11) is 3.57. The van der Waals surface area contributed by atoms with Gasteiger partial charge in [0.05, 0.1) is 7.11 Å². The van der Waals surface area contributed by atoms with Crippen LogP contribution in [0.5, 0.6) is 0 Å². The van der Waals surface area contributed by atoms with Gasteiger partial charge in [0.25, 0.3) is 0 Å². The van der Waals surface area contributed by atoms with E-state index in [-0.39, 0.29) is 12.0 Å². The van der Waals surface area contributed by atoms with E-state index in [1.807, 2.05) is 0 Å². The second-order valence-electron chi connectivity index (χ2n) is 5.67. The van der Waals surface area contributed by atoms with Gasteiger partial charge in [-0.2, -0.15) is 0 Å². The summed E-state index contributed by atoms with van der Waals surface area (Å²) in [5.74, 6) is 0.472. The second kappa shape index (κ2) is 6.02. The molecule has 1 saturated carbocycles. The predicted octanol–water partition coefficient (Wildman–Crippen LogP) is 1.35. The van der Waals surface area contributed by atoms with Gasteiger partial charge in [-0.1, -0.05) is 6.92 Å². The molecule has 18 heavy (non-hydrogen) atoms. The molecular weight excluding hydrogens is 228 g/mol. The van der Waals surface area contributed by atoms with Crippen molar-refractivity contribution >= 4 is 5.97 Å². The summed E-state index contributed by atoms with van der Waals surface area (Å²) < 4.78 is 4.96. The third-order valence-corrected chi connectivity index (χ3v) is 4.39. The Hall–Kier alpha value is -0.610. The number of hydrogen-bond donors (Lipinski definition) is 0. The van der Waals surface area contributed by atoms with Gasteiger partial charge in [-0.3, -0.25) is 14.6 Å². The highest BCUT2D eigenvalue weighted by Crippen LogP contribution is 2.36. The molecule has 0 spiro atoms. The first-order valence-electron chi connectivity index (χ1n) is 7.19. The molecule has 2 unspecified atom stereocenters. The summed E-state index contributed by atoms with van der Waals surface area (Å²) in [4.78, 5) is 16.6. The lowest BCUT2D eigenvalue weighted by Crippen LogP contribution is -2.47. The Balaban J connectivity index is 1.92. The largest absolute Gasteiger partial charge is 0.468 e. The molecular formula is C14H26N2O2. The Morgan fingerprint density at radius 1 is 1.44 bits per heavy atom. The molecule has 1 heterocycles. The number of rotatable bonds is 6. The summed E-state index contributed by atoms with van der Waals surface area (Å²) in [6.07, 6.45) is 4.90. The van der Waals surface area contributed by atoms with Gasteiger partial charge in [0.2, 0.25) is 0 Å². The maximum atomic E-state index is 11.9. The highest BCUT2D eigenvalue weighted by atomic mass is 16.5. The van der Waals surface area contributed by atoms with Gasteiger partial charge in [-0.25, -0.2) is 0 Å². The highest BCUT2D eigenvalue weighted by Gasteiger charge is 2.40. The molecule has 0 radical (unpaired) electrons. The standard InChI is InChI=1S/C14H26N2O2/c1-4-16-9-5-6-12(16)10-15(2)13(11-7-8-11)14(17)18-3/h11-13H,4-10H2,1-3H3. The van der Waals surface area contributed by atoms with Crippen molar-refractivity contribution in [2.75, 3.05) is 33.8 Å². The quantitative estimate of drug-likeness (QED) is 0.670. The van der Waals surface area contributed by atoms with E-state index >= 15 is 0 Å². The molecule has 104 valence electrons. The van der Waals surface area contributed by atoms with Crippen LogP contribution in [-0.2, 0) is 9.53 Å². The minimum Gasteiger partial charge on any atom is -0.468 e. The van der Waals surface area contributed by atoms with Gasteiger partial charge < -0.3 is 4.74 Å². The normalized spacial score (nSPS) is 26.6. The third kappa shape index (κ3) is 3.04. The molecule has 1 saturated heterocycles. The van der Waals surface area contributed by atoms with Crippen LogP contribution in [0.2, 0.25) is 0 Å². The molecule has 1 aliphatic heterocycles. The molecule has 2 aliphatic rings.